The monoisotopic (exact) mass is 447 g/mol. The Morgan fingerprint density at radius 2 is 1.58 bits per heavy atom. The fourth-order valence-corrected chi connectivity index (χ4v) is 4.75. The molecule has 31 heavy (non-hydrogen) atoms. The molecule has 0 saturated carbocycles. The molecule has 1 saturated heterocycles. The van der Waals surface area contributed by atoms with Gasteiger partial charge in [-0.05, 0) is 43.3 Å². The topological polar surface area (TPSA) is 106 Å². The molecule has 0 radical (unpaired) electrons. The molecule has 2 N–H and O–H groups in total. The molecule has 0 aromatic heterocycles. The average molecular weight is 448 g/mol. The standard InChI is InChI=1S/C21H25N3O6S/c1-15(22-17-4-7-19-20(14-17)30-13-12-29-19)21(25)23-16-2-5-18(6-3-16)31(26,27)24-8-10-28-11-9-24/h2-7,14-15,22H,8-13H2,1H3,(H,23,25)/t15-/m0/s1. The maximum atomic E-state index is 12.7. The molecule has 9 nitrogen and oxygen atoms in total. The Morgan fingerprint density at radius 1 is 0.935 bits per heavy atom. The molecular formula is C21H25N3O6S. The molecule has 10 heteroatoms. The van der Waals surface area contributed by atoms with Crippen molar-refractivity contribution in [1.82, 2.24) is 4.31 Å². The SMILES string of the molecule is C[C@H](Nc1ccc2c(c1)OCCO2)C(=O)Nc1ccc(S(=O)(=O)N2CCOCC2)cc1. The summed E-state index contributed by atoms with van der Waals surface area (Å²) in [5.41, 5.74) is 1.25. The molecule has 2 aromatic carbocycles. The van der Waals surface area contributed by atoms with E-state index < -0.39 is 16.1 Å². The lowest BCUT2D eigenvalue weighted by Gasteiger charge is -2.26. The van der Waals surface area contributed by atoms with Gasteiger partial charge in [0.2, 0.25) is 15.9 Å². The Morgan fingerprint density at radius 3 is 2.29 bits per heavy atom. The van der Waals surface area contributed by atoms with E-state index in [1.165, 1.54) is 16.4 Å². The second kappa shape index (κ2) is 9.13. The average Bonchev–Trinajstić information content (AvgIpc) is 2.80. The van der Waals surface area contributed by atoms with E-state index in [9.17, 15) is 13.2 Å². The lowest BCUT2D eigenvalue weighted by atomic mass is 10.2. The van der Waals surface area contributed by atoms with Crippen molar-refractivity contribution in [2.24, 2.45) is 0 Å². The summed E-state index contributed by atoms with van der Waals surface area (Å²) in [7, 11) is -3.57. The fraction of sp³-hybridized carbons (Fsp3) is 0.381. The number of benzene rings is 2. The molecule has 4 rings (SSSR count). The summed E-state index contributed by atoms with van der Waals surface area (Å²) in [6.45, 7) is 4.20. The molecular weight excluding hydrogens is 422 g/mol. The number of fused-ring (bicyclic) bond motifs is 1. The summed E-state index contributed by atoms with van der Waals surface area (Å²) in [6.07, 6.45) is 0. The number of ether oxygens (including phenoxy) is 3. The third kappa shape index (κ3) is 4.92. The fourth-order valence-electron chi connectivity index (χ4n) is 3.35. The Balaban J connectivity index is 1.37. The van der Waals surface area contributed by atoms with E-state index in [0.29, 0.717) is 56.7 Å². The van der Waals surface area contributed by atoms with Gasteiger partial charge in [-0.1, -0.05) is 0 Å². The maximum absolute atomic E-state index is 12.7. The molecule has 1 amide bonds. The van der Waals surface area contributed by atoms with Crippen molar-refractivity contribution in [2.75, 3.05) is 50.2 Å². The van der Waals surface area contributed by atoms with Crippen LogP contribution in [0.4, 0.5) is 11.4 Å². The van der Waals surface area contributed by atoms with Crippen molar-refractivity contribution in [2.45, 2.75) is 17.9 Å². The van der Waals surface area contributed by atoms with Crippen molar-refractivity contribution in [1.29, 1.82) is 0 Å². The van der Waals surface area contributed by atoms with Crippen LogP contribution in [0, 0.1) is 0 Å². The van der Waals surface area contributed by atoms with E-state index in [4.69, 9.17) is 14.2 Å². The van der Waals surface area contributed by atoms with Gasteiger partial charge in [-0.2, -0.15) is 4.31 Å². The van der Waals surface area contributed by atoms with E-state index in [2.05, 4.69) is 10.6 Å². The predicted molar refractivity (Wildman–Crippen MR) is 115 cm³/mol. The lowest BCUT2D eigenvalue weighted by Crippen LogP contribution is -2.40. The van der Waals surface area contributed by atoms with Crippen LogP contribution in [0.3, 0.4) is 0 Å². The lowest BCUT2D eigenvalue weighted by molar-refractivity contribution is -0.116. The van der Waals surface area contributed by atoms with Crippen LogP contribution in [-0.2, 0) is 19.6 Å². The minimum absolute atomic E-state index is 0.190. The number of anilines is 2. The molecule has 2 aliphatic heterocycles. The molecule has 166 valence electrons. The van der Waals surface area contributed by atoms with E-state index in [1.54, 1.807) is 31.2 Å². The van der Waals surface area contributed by atoms with Gasteiger partial charge < -0.3 is 24.8 Å². The van der Waals surface area contributed by atoms with Crippen molar-refractivity contribution >= 4 is 27.3 Å². The number of rotatable bonds is 6. The number of carbonyl (C=O) groups is 1. The number of morpholine rings is 1. The van der Waals surface area contributed by atoms with Crippen molar-refractivity contribution in [3.8, 4) is 11.5 Å². The maximum Gasteiger partial charge on any atom is 0.246 e. The van der Waals surface area contributed by atoms with Crippen LogP contribution < -0.4 is 20.1 Å². The second-order valence-corrected chi connectivity index (χ2v) is 9.19. The Labute approximate surface area is 181 Å². The molecule has 1 fully saturated rings. The van der Waals surface area contributed by atoms with Crippen LogP contribution in [0.15, 0.2) is 47.4 Å². The van der Waals surface area contributed by atoms with Crippen molar-refractivity contribution < 1.29 is 27.4 Å². The Bertz CT molecular complexity index is 1040. The van der Waals surface area contributed by atoms with E-state index in [-0.39, 0.29) is 10.8 Å². The van der Waals surface area contributed by atoms with Gasteiger partial charge in [0.15, 0.2) is 11.5 Å². The summed E-state index contributed by atoms with van der Waals surface area (Å²) >= 11 is 0. The highest BCUT2D eigenvalue weighted by Crippen LogP contribution is 2.32. The van der Waals surface area contributed by atoms with Crippen LogP contribution in [0.5, 0.6) is 11.5 Å². The highest BCUT2D eigenvalue weighted by molar-refractivity contribution is 7.89. The minimum Gasteiger partial charge on any atom is -0.486 e. The first kappa shape index (κ1) is 21.4. The second-order valence-electron chi connectivity index (χ2n) is 7.25. The van der Waals surface area contributed by atoms with Crippen LogP contribution in [0.1, 0.15) is 6.92 Å². The first-order valence-corrected chi connectivity index (χ1v) is 11.5. The third-order valence-electron chi connectivity index (χ3n) is 5.05. The van der Waals surface area contributed by atoms with Gasteiger partial charge in [-0.15, -0.1) is 0 Å². The number of sulfonamides is 1. The number of nitrogens with one attached hydrogen (secondary N) is 2. The van der Waals surface area contributed by atoms with Gasteiger partial charge in [0.25, 0.3) is 0 Å². The van der Waals surface area contributed by atoms with Gasteiger partial charge in [-0.25, -0.2) is 8.42 Å². The largest absolute Gasteiger partial charge is 0.486 e. The van der Waals surface area contributed by atoms with E-state index in [1.807, 2.05) is 6.07 Å². The third-order valence-corrected chi connectivity index (χ3v) is 6.96. The minimum atomic E-state index is -3.57. The molecule has 0 bridgehead atoms. The first-order valence-electron chi connectivity index (χ1n) is 10.1. The number of hydrogen-bond acceptors (Lipinski definition) is 7. The summed E-state index contributed by atoms with van der Waals surface area (Å²) in [4.78, 5) is 12.8. The number of amides is 1. The van der Waals surface area contributed by atoms with Gasteiger partial charge in [0, 0.05) is 30.5 Å². The van der Waals surface area contributed by atoms with Crippen LogP contribution >= 0.6 is 0 Å². The van der Waals surface area contributed by atoms with Crippen molar-refractivity contribution in [3.63, 3.8) is 0 Å². The molecule has 0 unspecified atom stereocenters. The normalized spacial score (nSPS) is 17.6. The van der Waals surface area contributed by atoms with Crippen LogP contribution in [0.2, 0.25) is 0 Å². The summed E-state index contributed by atoms with van der Waals surface area (Å²) in [5, 5.41) is 5.93. The Hall–Kier alpha value is -2.82. The molecule has 2 heterocycles. The molecule has 2 aromatic rings. The first-order chi connectivity index (χ1) is 14.9. The van der Waals surface area contributed by atoms with Gasteiger partial charge in [0.1, 0.15) is 19.3 Å². The summed E-state index contributed by atoms with van der Waals surface area (Å²) < 4.78 is 43.1. The number of carbonyl (C=O) groups excluding carboxylic acids is 1. The quantitative estimate of drug-likeness (QED) is 0.697. The smallest absolute Gasteiger partial charge is 0.246 e. The molecule has 0 aliphatic carbocycles. The van der Waals surface area contributed by atoms with Crippen molar-refractivity contribution in [3.05, 3.63) is 42.5 Å². The van der Waals surface area contributed by atoms with E-state index >= 15 is 0 Å². The predicted octanol–water partition coefficient (Wildman–Crippen LogP) is 1.92. The summed E-state index contributed by atoms with van der Waals surface area (Å²) in [5.74, 6) is 1.07. The summed E-state index contributed by atoms with van der Waals surface area (Å²) in [6, 6.07) is 11.1. The number of nitrogens with zero attached hydrogens (tertiary/aromatic N) is 1. The number of hydrogen-bond donors (Lipinski definition) is 2. The Kier molecular flexibility index (Phi) is 6.30. The van der Waals surface area contributed by atoms with Crippen LogP contribution in [0.25, 0.3) is 0 Å². The zero-order valence-electron chi connectivity index (χ0n) is 17.2. The molecule has 2 aliphatic rings. The van der Waals surface area contributed by atoms with Gasteiger partial charge in [0.05, 0.1) is 18.1 Å². The zero-order chi connectivity index (χ0) is 21.8. The zero-order valence-corrected chi connectivity index (χ0v) is 18.0. The van der Waals surface area contributed by atoms with Gasteiger partial charge >= 0.3 is 0 Å². The van der Waals surface area contributed by atoms with E-state index in [0.717, 1.165) is 5.69 Å². The highest BCUT2D eigenvalue weighted by Gasteiger charge is 2.26. The van der Waals surface area contributed by atoms with Gasteiger partial charge in [-0.3, -0.25) is 4.79 Å². The molecule has 1 atom stereocenters. The highest BCUT2D eigenvalue weighted by atomic mass is 32.2. The van der Waals surface area contributed by atoms with Crippen LogP contribution in [-0.4, -0.2) is 64.2 Å². The molecule has 0 spiro atoms.